The maximum absolute atomic E-state index is 13.6. The summed E-state index contributed by atoms with van der Waals surface area (Å²) in [6, 6.07) is 18.3. The van der Waals surface area contributed by atoms with Crippen LogP contribution in [0.1, 0.15) is 0 Å². The highest BCUT2D eigenvalue weighted by Crippen LogP contribution is 2.37. The number of hydrogen-bond donors (Lipinski definition) is 1. The summed E-state index contributed by atoms with van der Waals surface area (Å²) in [6.45, 7) is 3.42. The quantitative estimate of drug-likeness (QED) is 0.487. The average Bonchev–Trinajstić information content (AvgIpc) is 3.18. The van der Waals surface area contributed by atoms with Crippen molar-refractivity contribution in [1.82, 2.24) is 9.29 Å². The molecule has 1 fully saturated rings. The molecular formula is C22H21Cl2N3O2S. The third kappa shape index (κ3) is 3.34. The van der Waals surface area contributed by atoms with Crippen LogP contribution in [0, 0.1) is 0 Å². The van der Waals surface area contributed by atoms with Crippen molar-refractivity contribution in [2.45, 2.75) is 4.90 Å². The number of nitrogens with one attached hydrogen (secondary N) is 1. The minimum absolute atomic E-state index is 0. The number of nitrogens with zero attached hydrogens (tertiary/aromatic N) is 2. The number of piperazine rings is 1. The van der Waals surface area contributed by atoms with Gasteiger partial charge < -0.3 is 10.2 Å². The predicted octanol–water partition coefficient (Wildman–Crippen LogP) is 4.52. The molecule has 0 bridgehead atoms. The first-order chi connectivity index (χ1) is 14.1. The van der Waals surface area contributed by atoms with E-state index in [0.29, 0.717) is 20.8 Å². The van der Waals surface area contributed by atoms with E-state index >= 15 is 0 Å². The normalized spacial score (nSPS) is 14.8. The smallest absolute Gasteiger partial charge is 0.268 e. The number of fused-ring (bicyclic) bond motifs is 2. The molecule has 0 unspecified atom stereocenters. The Bertz CT molecular complexity index is 1320. The Hall–Kier alpha value is -2.25. The summed E-state index contributed by atoms with van der Waals surface area (Å²) >= 11 is 6.53. The SMILES string of the molecule is Cl.O=S(=O)(c1cccc2ccccc12)n1ccc2c(N3CCNCC3)c(Cl)ccc21. The van der Waals surface area contributed by atoms with Gasteiger partial charge in [-0.1, -0.05) is 48.0 Å². The Morgan fingerprint density at radius 2 is 1.60 bits per heavy atom. The van der Waals surface area contributed by atoms with Gasteiger partial charge in [-0.3, -0.25) is 0 Å². The Kier molecular flexibility index (Phi) is 5.68. The van der Waals surface area contributed by atoms with Crippen molar-refractivity contribution in [2.24, 2.45) is 0 Å². The average molecular weight is 462 g/mol. The molecule has 5 rings (SSSR count). The van der Waals surface area contributed by atoms with Gasteiger partial charge in [0.15, 0.2) is 0 Å². The van der Waals surface area contributed by atoms with Crippen LogP contribution < -0.4 is 10.2 Å². The zero-order valence-corrected chi connectivity index (χ0v) is 18.5. The molecule has 0 amide bonds. The molecule has 0 radical (unpaired) electrons. The van der Waals surface area contributed by atoms with Crippen LogP contribution in [-0.2, 0) is 10.0 Å². The molecule has 0 saturated carbocycles. The molecule has 30 heavy (non-hydrogen) atoms. The molecule has 1 aliphatic rings. The van der Waals surface area contributed by atoms with Crippen molar-refractivity contribution in [3.05, 3.63) is 71.9 Å². The monoisotopic (exact) mass is 461 g/mol. The van der Waals surface area contributed by atoms with Crippen LogP contribution in [0.2, 0.25) is 5.02 Å². The summed E-state index contributed by atoms with van der Waals surface area (Å²) in [5.74, 6) is 0. The van der Waals surface area contributed by atoms with Crippen molar-refractivity contribution in [3.8, 4) is 0 Å². The topological polar surface area (TPSA) is 54.3 Å². The molecule has 0 spiro atoms. The van der Waals surface area contributed by atoms with E-state index in [-0.39, 0.29) is 12.4 Å². The van der Waals surface area contributed by atoms with Gasteiger partial charge in [0.1, 0.15) is 0 Å². The highest BCUT2D eigenvalue weighted by atomic mass is 35.5. The summed E-state index contributed by atoms with van der Waals surface area (Å²) < 4.78 is 28.6. The first-order valence-corrected chi connectivity index (χ1v) is 11.4. The molecular weight excluding hydrogens is 441 g/mol. The van der Waals surface area contributed by atoms with Gasteiger partial charge in [-0.05, 0) is 29.7 Å². The fourth-order valence-corrected chi connectivity index (χ4v) is 5.95. The van der Waals surface area contributed by atoms with E-state index in [0.717, 1.165) is 42.6 Å². The molecule has 0 atom stereocenters. The number of anilines is 1. The lowest BCUT2D eigenvalue weighted by atomic mass is 10.1. The van der Waals surface area contributed by atoms with Crippen molar-refractivity contribution in [1.29, 1.82) is 0 Å². The summed E-state index contributed by atoms with van der Waals surface area (Å²) in [6.07, 6.45) is 1.63. The van der Waals surface area contributed by atoms with E-state index in [1.807, 2.05) is 36.4 Å². The van der Waals surface area contributed by atoms with E-state index in [9.17, 15) is 8.42 Å². The standard InChI is InChI=1S/C22H20ClN3O2S.ClH/c23-19-8-9-20-18(22(19)25-14-11-24-12-15-25)10-13-26(20)29(27,28)21-7-3-5-16-4-1-2-6-17(16)21;/h1-10,13,24H,11-12,14-15H2;1H. The van der Waals surface area contributed by atoms with Crippen molar-refractivity contribution in [2.75, 3.05) is 31.1 Å². The number of aromatic nitrogens is 1. The number of halogens is 2. The molecule has 1 N–H and O–H groups in total. The maximum atomic E-state index is 13.6. The van der Waals surface area contributed by atoms with E-state index in [1.165, 1.54) is 3.97 Å². The highest BCUT2D eigenvalue weighted by Gasteiger charge is 2.24. The number of hydrogen-bond acceptors (Lipinski definition) is 4. The maximum Gasteiger partial charge on any atom is 0.268 e. The lowest BCUT2D eigenvalue weighted by Gasteiger charge is -2.30. The summed E-state index contributed by atoms with van der Waals surface area (Å²) in [5, 5.41) is 6.44. The van der Waals surface area contributed by atoms with Crippen LogP contribution in [0.3, 0.4) is 0 Å². The molecule has 1 aliphatic heterocycles. The van der Waals surface area contributed by atoms with Gasteiger partial charge >= 0.3 is 0 Å². The highest BCUT2D eigenvalue weighted by molar-refractivity contribution is 7.90. The largest absolute Gasteiger partial charge is 0.367 e. The Morgan fingerprint density at radius 3 is 2.40 bits per heavy atom. The molecule has 4 aromatic rings. The molecule has 1 aromatic heterocycles. The van der Waals surface area contributed by atoms with Crippen molar-refractivity contribution in [3.63, 3.8) is 0 Å². The minimum Gasteiger partial charge on any atom is -0.367 e. The van der Waals surface area contributed by atoms with E-state index in [2.05, 4.69) is 10.2 Å². The van der Waals surface area contributed by atoms with Crippen LogP contribution in [0.5, 0.6) is 0 Å². The third-order valence-corrected chi connectivity index (χ3v) is 7.53. The molecule has 8 heteroatoms. The van der Waals surface area contributed by atoms with Gasteiger partial charge in [-0.25, -0.2) is 12.4 Å². The Labute approximate surface area is 186 Å². The van der Waals surface area contributed by atoms with Gasteiger partial charge in [0.2, 0.25) is 0 Å². The van der Waals surface area contributed by atoms with Gasteiger partial charge in [-0.15, -0.1) is 12.4 Å². The fourth-order valence-electron chi connectivity index (χ4n) is 4.10. The van der Waals surface area contributed by atoms with Crippen molar-refractivity contribution >= 4 is 61.4 Å². The van der Waals surface area contributed by atoms with Crippen LogP contribution in [0.15, 0.2) is 71.8 Å². The molecule has 156 valence electrons. The summed E-state index contributed by atoms with van der Waals surface area (Å²) in [7, 11) is -3.77. The van der Waals surface area contributed by atoms with Gasteiger partial charge in [-0.2, -0.15) is 0 Å². The second kappa shape index (κ2) is 8.12. The van der Waals surface area contributed by atoms with E-state index < -0.39 is 10.0 Å². The molecule has 3 aromatic carbocycles. The Morgan fingerprint density at radius 1 is 0.867 bits per heavy atom. The molecule has 2 heterocycles. The van der Waals surface area contributed by atoms with Gasteiger partial charge in [0.25, 0.3) is 10.0 Å². The van der Waals surface area contributed by atoms with Gasteiger partial charge in [0, 0.05) is 43.1 Å². The van der Waals surface area contributed by atoms with Crippen LogP contribution in [0.4, 0.5) is 5.69 Å². The molecule has 5 nitrogen and oxygen atoms in total. The summed E-state index contributed by atoms with van der Waals surface area (Å²) in [4.78, 5) is 2.52. The second-order valence-electron chi connectivity index (χ2n) is 7.16. The zero-order valence-electron chi connectivity index (χ0n) is 16.1. The summed E-state index contributed by atoms with van der Waals surface area (Å²) in [5.41, 5.74) is 1.54. The van der Waals surface area contributed by atoms with Gasteiger partial charge in [0.05, 0.1) is 21.1 Å². The lowest BCUT2D eigenvalue weighted by Crippen LogP contribution is -2.43. The van der Waals surface area contributed by atoms with E-state index in [1.54, 1.807) is 30.5 Å². The lowest BCUT2D eigenvalue weighted by molar-refractivity contribution is 0.589. The fraction of sp³-hybridized carbons (Fsp3) is 0.182. The van der Waals surface area contributed by atoms with Crippen LogP contribution >= 0.6 is 24.0 Å². The molecule has 0 aliphatic carbocycles. The third-order valence-electron chi connectivity index (χ3n) is 5.48. The minimum atomic E-state index is -3.77. The zero-order chi connectivity index (χ0) is 20.0. The second-order valence-corrected chi connectivity index (χ2v) is 9.35. The first kappa shape index (κ1) is 21.0. The predicted molar refractivity (Wildman–Crippen MR) is 126 cm³/mol. The molecule has 1 saturated heterocycles. The number of benzene rings is 3. The van der Waals surface area contributed by atoms with E-state index in [4.69, 9.17) is 11.6 Å². The first-order valence-electron chi connectivity index (χ1n) is 9.56. The Balaban J connectivity index is 0.00000218. The van der Waals surface area contributed by atoms with Crippen molar-refractivity contribution < 1.29 is 8.42 Å². The van der Waals surface area contributed by atoms with Crippen LogP contribution in [0.25, 0.3) is 21.7 Å². The van der Waals surface area contributed by atoms with Crippen LogP contribution in [-0.4, -0.2) is 38.6 Å². The number of rotatable bonds is 3.